The van der Waals surface area contributed by atoms with Crippen molar-refractivity contribution < 1.29 is 35.4 Å². The minimum Gasteiger partial charge on any atom is -0.493 e. The number of nitrogens with zero attached hydrogens (tertiary/aromatic N) is 1. The van der Waals surface area contributed by atoms with Crippen molar-refractivity contribution in [3.8, 4) is 23.0 Å². The molecule has 1 N–H and O–H groups in total. The lowest BCUT2D eigenvalue weighted by Gasteiger charge is -2.13. The van der Waals surface area contributed by atoms with E-state index in [2.05, 4.69) is 4.98 Å². The van der Waals surface area contributed by atoms with E-state index in [0.29, 0.717) is 34.9 Å². The van der Waals surface area contributed by atoms with Gasteiger partial charge in [-0.05, 0) is 48.7 Å². The molecule has 12 heteroatoms. The van der Waals surface area contributed by atoms with Gasteiger partial charge in [0.05, 0.1) is 30.4 Å². The first-order valence-corrected chi connectivity index (χ1v) is 14.5. The first-order chi connectivity index (χ1) is 18.1. The molecular weight excluding hydrogens is 535 g/mol. The van der Waals surface area contributed by atoms with Gasteiger partial charge in [0.15, 0.2) is 23.1 Å². The molecule has 9 nitrogen and oxygen atoms in total. The molecule has 0 amide bonds. The summed E-state index contributed by atoms with van der Waals surface area (Å²) in [6.07, 6.45) is 2.14. The van der Waals surface area contributed by atoms with Crippen LogP contribution in [0, 0.1) is 5.82 Å². The van der Waals surface area contributed by atoms with E-state index < -0.39 is 36.5 Å². The second-order valence-corrected chi connectivity index (χ2v) is 12.0. The van der Waals surface area contributed by atoms with E-state index >= 15 is 0 Å². The molecule has 3 aromatic carbocycles. The second-order valence-electron chi connectivity index (χ2n) is 8.22. The predicted molar refractivity (Wildman–Crippen MR) is 140 cm³/mol. The number of rotatable bonds is 11. The van der Waals surface area contributed by atoms with Crippen molar-refractivity contribution in [3.63, 3.8) is 0 Å². The molecule has 0 bridgehead atoms. The lowest BCUT2D eigenvalue weighted by molar-refractivity contribution is 0.355. The molecule has 4 aromatic rings. The van der Waals surface area contributed by atoms with Crippen molar-refractivity contribution in [1.82, 2.24) is 9.11 Å². The fourth-order valence-electron chi connectivity index (χ4n) is 3.75. The minimum atomic E-state index is -4.55. The molecule has 0 atom stereocenters. The Labute approximate surface area is 220 Å². The van der Waals surface area contributed by atoms with Crippen molar-refractivity contribution in [1.29, 1.82) is 0 Å². The number of ether oxygens (including phenoxy) is 3. The van der Waals surface area contributed by atoms with E-state index in [1.807, 2.05) is 30.3 Å². The maximum atomic E-state index is 14.9. The fraction of sp³-hybridized carbons (Fsp3) is 0.192. The molecule has 200 valence electrons. The van der Waals surface area contributed by atoms with E-state index in [1.165, 1.54) is 26.5 Å². The van der Waals surface area contributed by atoms with Crippen LogP contribution in [0.1, 0.15) is 12.0 Å². The lowest BCUT2D eigenvalue weighted by Crippen LogP contribution is -2.32. The molecule has 1 heterocycles. The third kappa shape index (κ3) is 6.39. The highest BCUT2D eigenvalue weighted by molar-refractivity contribution is 8.04. The predicted octanol–water partition coefficient (Wildman–Crippen LogP) is 4.42. The van der Waals surface area contributed by atoms with E-state index in [0.717, 1.165) is 17.7 Å². The Balaban J connectivity index is 1.50. The number of nitrogens with one attached hydrogen (secondary N) is 1. The molecule has 0 aliphatic rings. The summed E-state index contributed by atoms with van der Waals surface area (Å²) in [7, 11) is -5.78. The van der Waals surface area contributed by atoms with E-state index in [4.69, 9.17) is 14.2 Å². The lowest BCUT2D eigenvalue weighted by atomic mass is 10.1. The molecule has 0 aliphatic heterocycles. The van der Waals surface area contributed by atoms with Crippen molar-refractivity contribution in [2.45, 2.75) is 17.7 Å². The molecule has 0 saturated carbocycles. The van der Waals surface area contributed by atoms with Gasteiger partial charge in [-0.25, -0.2) is 21.2 Å². The van der Waals surface area contributed by atoms with Gasteiger partial charge in [-0.3, -0.25) is 4.98 Å². The topological polar surface area (TPSA) is 121 Å². The Morgan fingerprint density at radius 1 is 0.842 bits per heavy atom. The molecule has 0 fully saturated rings. The molecular formula is C26H25FN2O7S2. The average molecular weight is 561 g/mol. The van der Waals surface area contributed by atoms with Crippen molar-refractivity contribution in [2.75, 3.05) is 20.0 Å². The van der Waals surface area contributed by atoms with Crippen LogP contribution in [0.3, 0.4) is 0 Å². The summed E-state index contributed by atoms with van der Waals surface area (Å²) in [5.41, 5.74) is 1.43. The molecule has 0 spiro atoms. The van der Waals surface area contributed by atoms with Crippen LogP contribution in [0.25, 0.3) is 10.9 Å². The number of hydrogen-bond donors (Lipinski definition) is 1. The molecule has 0 aliphatic carbocycles. The van der Waals surface area contributed by atoms with Crippen molar-refractivity contribution >= 4 is 30.9 Å². The SMILES string of the molecule is COc1cc2nccc(Oc3ccc(S(=O)(=O)NS(=O)(=O)CCCc4ccccc4)cc3F)c2cc1OC. The standard InChI is InChI=1S/C26H25FN2O7S2/c1-34-25-16-20-22(17-26(25)35-2)28-13-12-23(20)36-24-11-10-19(15-21(24)27)38(32,33)29-37(30,31)14-6-9-18-7-4-3-5-8-18/h3-5,7-8,10-13,15-17,29H,6,9,14H2,1-2H3. The monoisotopic (exact) mass is 560 g/mol. The molecule has 0 radical (unpaired) electrons. The van der Waals surface area contributed by atoms with Crippen molar-refractivity contribution in [3.05, 3.63) is 84.3 Å². The highest BCUT2D eigenvalue weighted by Crippen LogP contribution is 2.37. The molecule has 0 unspecified atom stereocenters. The van der Waals surface area contributed by atoms with Gasteiger partial charge >= 0.3 is 0 Å². The number of benzene rings is 3. The Bertz CT molecular complexity index is 1660. The number of aromatic nitrogens is 1. The zero-order valence-corrected chi connectivity index (χ0v) is 22.2. The van der Waals surface area contributed by atoms with E-state index in [-0.39, 0.29) is 17.9 Å². The van der Waals surface area contributed by atoms with Crippen LogP contribution in [0.5, 0.6) is 23.0 Å². The number of aryl methyl sites for hydroxylation is 1. The summed E-state index contributed by atoms with van der Waals surface area (Å²) >= 11 is 0. The smallest absolute Gasteiger partial charge is 0.253 e. The Hall–Kier alpha value is -3.74. The van der Waals surface area contributed by atoms with Crippen LogP contribution in [-0.4, -0.2) is 41.8 Å². The molecule has 38 heavy (non-hydrogen) atoms. The zero-order valence-electron chi connectivity index (χ0n) is 20.5. The van der Waals surface area contributed by atoms with Crippen LogP contribution >= 0.6 is 0 Å². The van der Waals surface area contributed by atoms with Gasteiger partial charge in [0.2, 0.25) is 10.0 Å². The number of sulfonamides is 2. The maximum absolute atomic E-state index is 14.9. The van der Waals surface area contributed by atoms with Crippen molar-refractivity contribution in [2.24, 2.45) is 0 Å². The van der Waals surface area contributed by atoms with Gasteiger partial charge in [0, 0.05) is 17.6 Å². The number of fused-ring (bicyclic) bond motifs is 1. The normalized spacial score (nSPS) is 11.9. The summed E-state index contributed by atoms with van der Waals surface area (Å²) in [5.74, 6) is -0.571. The molecule has 1 aromatic heterocycles. The number of methoxy groups -OCH3 is 2. The maximum Gasteiger partial charge on any atom is 0.253 e. The number of hydrogen-bond acceptors (Lipinski definition) is 8. The highest BCUT2D eigenvalue weighted by Gasteiger charge is 2.24. The number of halogens is 1. The third-order valence-electron chi connectivity index (χ3n) is 5.60. The Kier molecular flexibility index (Phi) is 8.14. The van der Waals surface area contributed by atoms with Gasteiger partial charge in [0.25, 0.3) is 10.0 Å². The Morgan fingerprint density at radius 3 is 2.24 bits per heavy atom. The van der Waals surface area contributed by atoms with Gasteiger partial charge < -0.3 is 14.2 Å². The van der Waals surface area contributed by atoms with Crippen LogP contribution in [0.2, 0.25) is 0 Å². The first kappa shape index (κ1) is 27.3. The highest BCUT2D eigenvalue weighted by atomic mass is 32.3. The van der Waals surface area contributed by atoms with Crippen LogP contribution in [0.4, 0.5) is 4.39 Å². The van der Waals surface area contributed by atoms with Crippen LogP contribution in [0.15, 0.2) is 77.8 Å². The van der Waals surface area contributed by atoms with E-state index in [1.54, 1.807) is 16.3 Å². The summed E-state index contributed by atoms with van der Waals surface area (Å²) < 4.78 is 83.0. The summed E-state index contributed by atoms with van der Waals surface area (Å²) in [5, 5.41) is 0.504. The zero-order chi connectivity index (χ0) is 27.3. The van der Waals surface area contributed by atoms with E-state index in [9.17, 15) is 21.2 Å². The quantitative estimate of drug-likeness (QED) is 0.286. The summed E-state index contributed by atoms with van der Waals surface area (Å²) in [6, 6.07) is 16.9. The largest absolute Gasteiger partial charge is 0.493 e. The second kappa shape index (κ2) is 11.3. The molecule has 4 rings (SSSR count). The van der Waals surface area contributed by atoms with Crippen LogP contribution < -0.4 is 18.3 Å². The summed E-state index contributed by atoms with van der Waals surface area (Å²) in [6.45, 7) is 0. The van der Waals surface area contributed by atoms with Crippen LogP contribution in [-0.2, 0) is 26.5 Å². The Morgan fingerprint density at radius 2 is 1.55 bits per heavy atom. The fourth-order valence-corrected chi connectivity index (χ4v) is 6.84. The van der Waals surface area contributed by atoms with Gasteiger partial charge in [-0.2, -0.15) is 0 Å². The number of pyridine rings is 1. The molecule has 0 saturated heterocycles. The van der Waals surface area contributed by atoms with Gasteiger partial charge in [0.1, 0.15) is 5.75 Å². The third-order valence-corrected chi connectivity index (χ3v) is 9.19. The minimum absolute atomic E-state index is 0.215. The first-order valence-electron chi connectivity index (χ1n) is 11.4. The van der Waals surface area contributed by atoms with Gasteiger partial charge in [-0.15, -0.1) is 4.13 Å². The summed E-state index contributed by atoms with van der Waals surface area (Å²) in [4.78, 5) is 3.70. The average Bonchev–Trinajstić information content (AvgIpc) is 2.89. The van der Waals surface area contributed by atoms with Gasteiger partial charge in [-0.1, -0.05) is 30.3 Å².